The van der Waals surface area contributed by atoms with Crippen LogP contribution in [0.2, 0.25) is 0 Å². The van der Waals surface area contributed by atoms with Crippen molar-refractivity contribution in [2.45, 2.75) is 13.1 Å². The molecule has 0 saturated carbocycles. The number of hydrogen-bond acceptors (Lipinski definition) is 7. The zero-order valence-electron chi connectivity index (χ0n) is 18.3. The van der Waals surface area contributed by atoms with Crippen molar-refractivity contribution in [1.29, 1.82) is 0 Å². The molecule has 1 aromatic carbocycles. The molecule has 2 aliphatic rings. The second kappa shape index (κ2) is 9.97. The molecule has 0 N–H and O–H groups in total. The van der Waals surface area contributed by atoms with Gasteiger partial charge in [0.25, 0.3) is 0 Å². The predicted octanol–water partition coefficient (Wildman–Crippen LogP) is 3.30. The third kappa shape index (κ3) is 5.18. The fraction of sp³-hybridized carbons (Fsp3) is 0.360. The molecule has 5 rings (SSSR count). The van der Waals surface area contributed by atoms with E-state index in [1.54, 1.807) is 6.26 Å². The molecule has 0 bridgehead atoms. The minimum absolute atomic E-state index is 0.713. The van der Waals surface area contributed by atoms with Gasteiger partial charge in [-0.15, -0.1) is 0 Å². The summed E-state index contributed by atoms with van der Waals surface area (Å²) in [4.78, 5) is 15.9. The van der Waals surface area contributed by atoms with Crippen molar-refractivity contribution in [3.63, 3.8) is 0 Å². The summed E-state index contributed by atoms with van der Waals surface area (Å²) in [6.45, 7) is 8.27. The molecule has 32 heavy (non-hydrogen) atoms. The number of fused-ring (bicyclic) bond motifs is 1. The van der Waals surface area contributed by atoms with Gasteiger partial charge in [-0.3, -0.25) is 9.80 Å². The highest BCUT2D eigenvalue weighted by Gasteiger charge is 2.20. The van der Waals surface area contributed by atoms with E-state index in [0.29, 0.717) is 6.61 Å². The third-order valence-electron chi connectivity index (χ3n) is 5.99. The van der Waals surface area contributed by atoms with Gasteiger partial charge in [-0.25, -0.2) is 9.97 Å². The number of hydrogen-bond donors (Lipinski definition) is 0. The average molecular weight is 432 g/mol. The van der Waals surface area contributed by atoms with Crippen LogP contribution in [-0.4, -0.2) is 65.6 Å². The van der Waals surface area contributed by atoms with Gasteiger partial charge in [-0.2, -0.15) is 0 Å². The minimum atomic E-state index is 0.713. The molecule has 2 aromatic heterocycles. The maximum absolute atomic E-state index is 6.02. The molecule has 0 radical (unpaired) electrons. The van der Waals surface area contributed by atoms with Crippen molar-refractivity contribution in [2.24, 2.45) is 0 Å². The van der Waals surface area contributed by atoms with Gasteiger partial charge >= 0.3 is 0 Å². The Morgan fingerprint density at radius 1 is 0.938 bits per heavy atom. The van der Waals surface area contributed by atoms with E-state index >= 15 is 0 Å². The first-order valence-electron chi connectivity index (χ1n) is 11.2. The highest BCUT2D eigenvalue weighted by atomic mass is 16.5. The van der Waals surface area contributed by atoms with Gasteiger partial charge in [-0.05, 0) is 42.0 Å². The number of piperazine rings is 1. The molecule has 3 aromatic rings. The maximum atomic E-state index is 6.02. The average Bonchev–Trinajstić information content (AvgIpc) is 3.26. The number of ether oxygens (including phenoxy) is 1. The van der Waals surface area contributed by atoms with Gasteiger partial charge in [0.1, 0.15) is 18.1 Å². The largest absolute Gasteiger partial charge is 0.492 e. The molecule has 1 fully saturated rings. The van der Waals surface area contributed by atoms with E-state index in [4.69, 9.17) is 9.15 Å². The van der Waals surface area contributed by atoms with Crippen LogP contribution < -0.4 is 9.64 Å². The molecule has 0 amide bonds. The van der Waals surface area contributed by atoms with Crippen LogP contribution in [0.3, 0.4) is 0 Å². The molecule has 0 atom stereocenters. The third-order valence-corrected chi connectivity index (χ3v) is 5.99. The zero-order chi connectivity index (χ0) is 21.6. The van der Waals surface area contributed by atoms with Crippen LogP contribution in [-0.2, 0) is 13.1 Å². The fourth-order valence-electron chi connectivity index (χ4n) is 4.28. The Morgan fingerprint density at radius 3 is 2.62 bits per heavy atom. The first-order valence-corrected chi connectivity index (χ1v) is 11.2. The van der Waals surface area contributed by atoms with Crippen molar-refractivity contribution in [3.05, 3.63) is 78.0 Å². The molecular formula is C25H29N5O2. The molecule has 7 nitrogen and oxygen atoms in total. The Hall–Kier alpha value is -3.16. The topological polar surface area (TPSA) is 57.9 Å². The highest BCUT2D eigenvalue weighted by Crippen LogP contribution is 2.25. The molecule has 4 heterocycles. The van der Waals surface area contributed by atoms with Crippen LogP contribution >= 0.6 is 0 Å². The lowest BCUT2D eigenvalue weighted by molar-refractivity contribution is 0.243. The summed E-state index contributed by atoms with van der Waals surface area (Å²) >= 11 is 0. The molecular weight excluding hydrogens is 402 g/mol. The van der Waals surface area contributed by atoms with E-state index in [9.17, 15) is 0 Å². The molecule has 1 saturated heterocycles. The second-order valence-corrected chi connectivity index (χ2v) is 8.26. The summed E-state index contributed by atoms with van der Waals surface area (Å²) < 4.78 is 11.4. The normalized spacial score (nSPS) is 17.8. The van der Waals surface area contributed by atoms with E-state index in [1.807, 2.05) is 36.7 Å². The lowest BCUT2D eigenvalue weighted by Gasteiger charge is -2.34. The van der Waals surface area contributed by atoms with Gasteiger partial charge in [0.15, 0.2) is 0 Å². The molecule has 166 valence electrons. The lowest BCUT2D eigenvalue weighted by atomic mass is 10.1. The number of anilines is 1. The number of rotatable bonds is 6. The number of furan rings is 1. The van der Waals surface area contributed by atoms with Crippen LogP contribution in [0.15, 0.2) is 65.5 Å². The molecule has 2 aliphatic heterocycles. The van der Waals surface area contributed by atoms with E-state index in [2.05, 4.69) is 48.9 Å². The van der Waals surface area contributed by atoms with Gasteiger partial charge in [0.05, 0.1) is 6.26 Å². The van der Waals surface area contributed by atoms with E-state index < -0.39 is 0 Å². The number of aromatic nitrogens is 2. The van der Waals surface area contributed by atoms with Crippen LogP contribution in [0.5, 0.6) is 5.75 Å². The number of benzene rings is 1. The van der Waals surface area contributed by atoms with Crippen molar-refractivity contribution in [2.75, 3.05) is 50.8 Å². The quantitative estimate of drug-likeness (QED) is 0.594. The minimum Gasteiger partial charge on any atom is -0.492 e. The van der Waals surface area contributed by atoms with Crippen LogP contribution in [0.25, 0.3) is 6.08 Å². The Kier molecular flexibility index (Phi) is 6.46. The summed E-state index contributed by atoms with van der Waals surface area (Å²) in [5.74, 6) is 2.73. The lowest BCUT2D eigenvalue weighted by Crippen LogP contribution is -2.46. The van der Waals surface area contributed by atoms with Crippen LogP contribution in [0.1, 0.15) is 16.9 Å². The van der Waals surface area contributed by atoms with Crippen molar-refractivity contribution in [3.8, 4) is 5.75 Å². The summed E-state index contributed by atoms with van der Waals surface area (Å²) in [6.07, 6.45) is 9.50. The molecule has 0 spiro atoms. The fourth-order valence-corrected chi connectivity index (χ4v) is 4.28. The Balaban J connectivity index is 1.18. The van der Waals surface area contributed by atoms with Gasteiger partial charge < -0.3 is 14.1 Å². The number of nitrogens with zero attached hydrogens (tertiary/aromatic N) is 5. The first-order chi connectivity index (χ1) is 15.8. The van der Waals surface area contributed by atoms with Crippen molar-refractivity contribution >= 4 is 12.0 Å². The first kappa shape index (κ1) is 20.7. The predicted molar refractivity (Wildman–Crippen MR) is 124 cm³/mol. The van der Waals surface area contributed by atoms with Gasteiger partial charge in [0, 0.05) is 70.3 Å². The molecule has 7 heteroatoms. The van der Waals surface area contributed by atoms with E-state index in [1.165, 1.54) is 11.1 Å². The maximum Gasteiger partial charge on any atom is 0.225 e. The summed E-state index contributed by atoms with van der Waals surface area (Å²) in [6, 6.07) is 12.4. The van der Waals surface area contributed by atoms with Crippen LogP contribution in [0, 0.1) is 0 Å². The van der Waals surface area contributed by atoms with Gasteiger partial charge in [-0.1, -0.05) is 12.1 Å². The van der Waals surface area contributed by atoms with Gasteiger partial charge in [0.2, 0.25) is 5.95 Å². The zero-order valence-corrected chi connectivity index (χ0v) is 18.3. The second-order valence-electron chi connectivity index (χ2n) is 8.26. The Bertz CT molecular complexity index is 1010. The Morgan fingerprint density at radius 2 is 1.81 bits per heavy atom. The summed E-state index contributed by atoms with van der Waals surface area (Å²) in [7, 11) is 0. The van der Waals surface area contributed by atoms with E-state index in [0.717, 1.165) is 69.8 Å². The summed E-state index contributed by atoms with van der Waals surface area (Å²) in [5.41, 5.74) is 2.60. The molecule has 0 unspecified atom stereocenters. The smallest absolute Gasteiger partial charge is 0.225 e. The standard InChI is InChI=1S/C25H29N5O2/c1(4-23-5-2-16-31-23)10-28-15-17-32-24-7-6-21(18-22(24)20-28)19-29-11-13-30(14-12-29)25-26-8-3-9-27-25/h1-9,16,18H,10-15,17,19-20H2/b4-1+. The van der Waals surface area contributed by atoms with Crippen molar-refractivity contribution in [1.82, 2.24) is 19.8 Å². The summed E-state index contributed by atoms with van der Waals surface area (Å²) in [5, 5.41) is 0. The highest BCUT2D eigenvalue weighted by molar-refractivity contribution is 5.42. The SMILES string of the molecule is C(=C\c1ccco1)/CN1CCOc2ccc(CN3CCN(c4ncccn4)CC3)cc2C1. The van der Waals surface area contributed by atoms with Crippen molar-refractivity contribution < 1.29 is 9.15 Å². The Labute approximate surface area is 188 Å². The molecule has 0 aliphatic carbocycles. The van der Waals surface area contributed by atoms with Crippen LogP contribution in [0.4, 0.5) is 5.95 Å². The monoisotopic (exact) mass is 431 g/mol. The van der Waals surface area contributed by atoms with E-state index in [-0.39, 0.29) is 0 Å².